The van der Waals surface area contributed by atoms with Gasteiger partial charge in [0, 0.05) is 12.6 Å². The van der Waals surface area contributed by atoms with Gasteiger partial charge >= 0.3 is 0 Å². The molecule has 3 heteroatoms. The second-order valence-corrected chi connectivity index (χ2v) is 3.34. The zero-order valence-corrected chi connectivity index (χ0v) is 7.96. The fourth-order valence-corrected chi connectivity index (χ4v) is 1.07. The molecule has 12 heavy (non-hydrogen) atoms. The molecule has 1 aromatic rings. The van der Waals surface area contributed by atoms with Gasteiger partial charge in [-0.2, -0.15) is 5.10 Å². The highest BCUT2D eigenvalue weighted by atomic mass is 16.1. The Bertz CT molecular complexity index is 313. The Morgan fingerprint density at radius 1 is 1.50 bits per heavy atom. The average molecular weight is 166 g/mol. The highest BCUT2D eigenvalue weighted by Crippen LogP contribution is 2.09. The maximum Gasteiger partial charge on any atom is 0.269 e. The number of hydrogen-bond acceptors (Lipinski definition) is 2. The molecule has 0 amide bonds. The van der Waals surface area contributed by atoms with E-state index >= 15 is 0 Å². The van der Waals surface area contributed by atoms with E-state index in [-0.39, 0.29) is 5.56 Å². The van der Waals surface area contributed by atoms with E-state index in [0.717, 1.165) is 11.3 Å². The lowest BCUT2D eigenvalue weighted by molar-refractivity contribution is 0.647. The van der Waals surface area contributed by atoms with E-state index in [2.05, 4.69) is 18.9 Å². The third-order valence-corrected chi connectivity index (χ3v) is 1.85. The number of aromatic nitrogens is 2. The number of aryl methyl sites for hydroxylation is 2. The molecule has 66 valence electrons. The van der Waals surface area contributed by atoms with Gasteiger partial charge in [0.2, 0.25) is 0 Å². The monoisotopic (exact) mass is 166 g/mol. The summed E-state index contributed by atoms with van der Waals surface area (Å²) in [6, 6.07) is 1.85. The van der Waals surface area contributed by atoms with Crippen molar-refractivity contribution in [3.8, 4) is 0 Å². The molecule has 0 aliphatic carbocycles. The third-order valence-electron chi connectivity index (χ3n) is 1.85. The zero-order valence-electron chi connectivity index (χ0n) is 7.96. The van der Waals surface area contributed by atoms with Crippen LogP contribution in [0.1, 0.15) is 31.0 Å². The molecular formula is C9H14N2O. The van der Waals surface area contributed by atoms with Crippen molar-refractivity contribution in [3.05, 3.63) is 27.7 Å². The molecule has 0 fully saturated rings. The second kappa shape index (κ2) is 3.09. The van der Waals surface area contributed by atoms with E-state index in [9.17, 15) is 4.79 Å². The summed E-state index contributed by atoms with van der Waals surface area (Å²) in [4.78, 5) is 11.2. The van der Waals surface area contributed by atoms with E-state index in [1.807, 2.05) is 13.0 Å². The molecule has 3 nitrogen and oxygen atoms in total. The maximum absolute atomic E-state index is 11.2. The maximum atomic E-state index is 11.2. The Balaban J connectivity index is 3.31. The van der Waals surface area contributed by atoms with Crippen molar-refractivity contribution in [1.82, 2.24) is 9.78 Å². The minimum Gasteiger partial charge on any atom is -0.268 e. The highest BCUT2D eigenvalue weighted by Gasteiger charge is 2.04. The van der Waals surface area contributed by atoms with Gasteiger partial charge in [0.25, 0.3) is 5.56 Å². The standard InChI is InChI=1S/C9H14N2O/c1-6(2)8-5-7(3)9(12)11(4)10-8/h5-6H,1-4H3. The molecule has 0 saturated heterocycles. The third kappa shape index (κ3) is 1.55. The molecule has 0 aliphatic rings. The Kier molecular flexibility index (Phi) is 2.31. The molecule has 0 aromatic carbocycles. The summed E-state index contributed by atoms with van der Waals surface area (Å²) in [7, 11) is 1.68. The van der Waals surface area contributed by atoms with E-state index < -0.39 is 0 Å². The van der Waals surface area contributed by atoms with Gasteiger partial charge in [0.1, 0.15) is 0 Å². The van der Waals surface area contributed by atoms with Gasteiger partial charge in [-0.25, -0.2) is 4.68 Å². The highest BCUT2D eigenvalue weighted by molar-refractivity contribution is 5.13. The molecule has 1 aromatic heterocycles. The molecule has 0 atom stereocenters. The molecular weight excluding hydrogens is 152 g/mol. The summed E-state index contributed by atoms with van der Waals surface area (Å²) in [6.45, 7) is 5.94. The minimum absolute atomic E-state index is 0.0144. The topological polar surface area (TPSA) is 34.9 Å². The summed E-state index contributed by atoms with van der Waals surface area (Å²) < 4.78 is 1.39. The molecule has 1 rings (SSSR count). The van der Waals surface area contributed by atoms with Gasteiger partial charge < -0.3 is 0 Å². The smallest absolute Gasteiger partial charge is 0.268 e. The number of nitrogens with zero attached hydrogens (tertiary/aromatic N) is 2. The summed E-state index contributed by atoms with van der Waals surface area (Å²) >= 11 is 0. The first kappa shape index (κ1) is 8.97. The predicted molar refractivity (Wildman–Crippen MR) is 48.3 cm³/mol. The van der Waals surface area contributed by atoms with Crippen LogP contribution in [0.5, 0.6) is 0 Å². The molecule has 0 spiro atoms. The molecule has 0 saturated carbocycles. The molecule has 0 N–H and O–H groups in total. The Hall–Kier alpha value is -1.12. The van der Waals surface area contributed by atoms with Crippen LogP contribution in [0.4, 0.5) is 0 Å². The van der Waals surface area contributed by atoms with Gasteiger partial charge in [-0.05, 0) is 18.9 Å². The van der Waals surface area contributed by atoms with Gasteiger partial charge in [0.05, 0.1) is 5.69 Å². The van der Waals surface area contributed by atoms with Crippen LogP contribution >= 0.6 is 0 Å². The van der Waals surface area contributed by atoms with Crippen LogP contribution in [-0.4, -0.2) is 9.78 Å². The summed E-state index contributed by atoms with van der Waals surface area (Å²) in [6.07, 6.45) is 0. The van der Waals surface area contributed by atoms with E-state index in [0.29, 0.717) is 5.92 Å². The minimum atomic E-state index is -0.0144. The fraction of sp³-hybridized carbons (Fsp3) is 0.556. The van der Waals surface area contributed by atoms with Crippen LogP contribution in [-0.2, 0) is 7.05 Å². The fourth-order valence-electron chi connectivity index (χ4n) is 1.07. The lowest BCUT2D eigenvalue weighted by atomic mass is 10.1. The quantitative estimate of drug-likeness (QED) is 0.628. The van der Waals surface area contributed by atoms with Crippen LogP contribution in [0.15, 0.2) is 10.9 Å². The first-order chi connectivity index (χ1) is 5.52. The van der Waals surface area contributed by atoms with Gasteiger partial charge in [-0.1, -0.05) is 13.8 Å². The van der Waals surface area contributed by atoms with E-state index in [1.54, 1.807) is 7.05 Å². The van der Waals surface area contributed by atoms with Crippen LogP contribution in [0.2, 0.25) is 0 Å². The predicted octanol–water partition coefficient (Wildman–Crippen LogP) is 1.21. The molecule has 0 unspecified atom stereocenters. The van der Waals surface area contributed by atoms with Crippen molar-refractivity contribution >= 4 is 0 Å². The summed E-state index contributed by atoms with van der Waals surface area (Å²) in [5, 5.41) is 4.14. The van der Waals surface area contributed by atoms with E-state index in [1.165, 1.54) is 4.68 Å². The van der Waals surface area contributed by atoms with Crippen LogP contribution in [0.3, 0.4) is 0 Å². The molecule has 0 aliphatic heterocycles. The summed E-state index contributed by atoms with van der Waals surface area (Å²) in [5.74, 6) is 0.371. The van der Waals surface area contributed by atoms with Crippen molar-refractivity contribution in [1.29, 1.82) is 0 Å². The number of hydrogen-bond donors (Lipinski definition) is 0. The van der Waals surface area contributed by atoms with Gasteiger partial charge in [-0.15, -0.1) is 0 Å². The molecule has 0 radical (unpaired) electrons. The van der Waals surface area contributed by atoms with Crippen molar-refractivity contribution in [2.75, 3.05) is 0 Å². The second-order valence-electron chi connectivity index (χ2n) is 3.34. The van der Waals surface area contributed by atoms with Crippen LogP contribution in [0.25, 0.3) is 0 Å². The van der Waals surface area contributed by atoms with Crippen molar-refractivity contribution in [2.24, 2.45) is 7.05 Å². The Morgan fingerprint density at radius 2 is 2.08 bits per heavy atom. The average Bonchev–Trinajstić information content (AvgIpc) is 1.99. The first-order valence-corrected chi connectivity index (χ1v) is 4.07. The zero-order chi connectivity index (χ0) is 9.30. The van der Waals surface area contributed by atoms with Gasteiger partial charge in [-0.3, -0.25) is 4.79 Å². The Morgan fingerprint density at radius 3 is 2.50 bits per heavy atom. The van der Waals surface area contributed by atoms with Crippen molar-refractivity contribution in [2.45, 2.75) is 26.7 Å². The first-order valence-electron chi connectivity index (χ1n) is 4.07. The van der Waals surface area contributed by atoms with Gasteiger partial charge in [0.15, 0.2) is 0 Å². The SMILES string of the molecule is Cc1cc(C(C)C)nn(C)c1=O. The van der Waals surface area contributed by atoms with Crippen molar-refractivity contribution < 1.29 is 0 Å². The van der Waals surface area contributed by atoms with Crippen LogP contribution < -0.4 is 5.56 Å². The van der Waals surface area contributed by atoms with Crippen molar-refractivity contribution in [3.63, 3.8) is 0 Å². The summed E-state index contributed by atoms with van der Waals surface area (Å²) in [5.41, 5.74) is 1.71. The largest absolute Gasteiger partial charge is 0.269 e. The molecule has 0 bridgehead atoms. The lowest BCUT2D eigenvalue weighted by Crippen LogP contribution is -2.23. The molecule has 1 heterocycles. The normalized spacial score (nSPS) is 10.8. The van der Waals surface area contributed by atoms with Crippen LogP contribution in [0, 0.1) is 6.92 Å². The Labute approximate surface area is 72.0 Å². The lowest BCUT2D eigenvalue weighted by Gasteiger charge is -2.06. The van der Waals surface area contributed by atoms with E-state index in [4.69, 9.17) is 0 Å². The number of rotatable bonds is 1.